The second kappa shape index (κ2) is 7.42. The first-order valence-electron chi connectivity index (χ1n) is 8.53. The summed E-state index contributed by atoms with van der Waals surface area (Å²) in [6.07, 6.45) is 2.24. The monoisotopic (exact) mass is 337 g/mol. The molecule has 0 saturated carbocycles. The van der Waals surface area contributed by atoms with Crippen molar-refractivity contribution in [1.29, 1.82) is 0 Å². The zero-order valence-corrected chi connectivity index (χ0v) is 14.9. The van der Waals surface area contributed by atoms with Gasteiger partial charge < -0.3 is 5.32 Å². The lowest BCUT2D eigenvalue weighted by atomic mass is 10.1. The Kier molecular flexibility index (Phi) is 5.07. The number of aryl methyl sites for hydroxylation is 4. The number of nitrogens with zero attached hydrogens (tertiary/aromatic N) is 4. The van der Waals surface area contributed by atoms with E-state index in [4.69, 9.17) is 0 Å². The molecule has 2 aromatic heterocycles. The maximum absolute atomic E-state index is 12.1. The fourth-order valence-electron chi connectivity index (χ4n) is 2.89. The van der Waals surface area contributed by atoms with Crippen molar-refractivity contribution < 1.29 is 4.79 Å². The number of fused-ring (bicyclic) bond motifs is 1. The number of aromatic nitrogens is 4. The molecule has 6 heteroatoms. The molecule has 0 aliphatic carbocycles. The fourth-order valence-corrected chi connectivity index (χ4v) is 2.89. The van der Waals surface area contributed by atoms with Gasteiger partial charge in [0.2, 0.25) is 5.91 Å². The number of amides is 1. The summed E-state index contributed by atoms with van der Waals surface area (Å²) in [4.78, 5) is 16.4. The maximum Gasteiger partial charge on any atom is 0.255 e. The smallest absolute Gasteiger partial charge is 0.255 e. The van der Waals surface area contributed by atoms with Crippen LogP contribution < -0.4 is 5.32 Å². The van der Waals surface area contributed by atoms with Crippen LogP contribution in [0.5, 0.6) is 0 Å². The van der Waals surface area contributed by atoms with Crippen LogP contribution in [0.4, 0.5) is 0 Å². The number of hydrogen-bond acceptors (Lipinski definition) is 4. The van der Waals surface area contributed by atoms with Gasteiger partial charge in [0.25, 0.3) is 5.78 Å². The van der Waals surface area contributed by atoms with Crippen LogP contribution in [0.3, 0.4) is 0 Å². The third-order valence-electron chi connectivity index (χ3n) is 4.19. The van der Waals surface area contributed by atoms with Gasteiger partial charge in [-0.05, 0) is 45.2 Å². The van der Waals surface area contributed by atoms with Crippen molar-refractivity contribution in [1.82, 2.24) is 24.9 Å². The van der Waals surface area contributed by atoms with Crippen molar-refractivity contribution >= 4 is 11.7 Å². The lowest BCUT2D eigenvalue weighted by molar-refractivity contribution is -0.121. The van der Waals surface area contributed by atoms with E-state index >= 15 is 0 Å². The van der Waals surface area contributed by atoms with Gasteiger partial charge in [0.05, 0.1) is 6.54 Å². The highest BCUT2D eigenvalue weighted by Gasteiger charge is 2.10. The van der Waals surface area contributed by atoms with Crippen LogP contribution in [0.1, 0.15) is 41.2 Å². The Labute approximate surface area is 147 Å². The predicted molar refractivity (Wildman–Crippen MR) is 96.2 cm³/mol. The van der Waals surface area contributed by atoms with Crippen molar-refractivity contribution in [3.05, 3.63) is 58.7 Å². The Bertz CT molecular complexity index is 883. The number of carbonyl (C=O) groups is 1. The van der Waals surface area contributed by atoms with E-state index in [-0.39, 0.29) is 5.91 Å². The predicted octanol–water partition coefficient (Wildman–Crippen LogP) is 2.69. The lowest BCUT2D eigenvalue weighted by Crippen LogP contribution is -2.24. The molecular formula is C19H23N5O. The molecular weight excluding hydrogens is 314 g/mol. The van der Waals surface area contributed by atoms with Gasteiger partial charge in [-0.25, -0.2) is 4.98 Å². The first kappa shape index (κ1) is 17.1. The molecule has 0 bridgehead atoms. The standard InChI is InChI=1S/C19H23N5O/c1-13-7-9-16(10-8-13)5-4-6-18(25)20-12-17-22-23-19-21-14(2)11-15(3)24(17)19/h7-11H,4-6,12H2,1-3H3,(H,20,25). The van der Waals surface area contributed by atoms with E-state index in [2.05, 4.69) is 51.7 Å². The van der Waals surface area contributed by atoms with E-state index in [1.54, 1.807) is 0 Å². The quantitative estimate of drug-likeness (QED) is 0.750. The molecule has 6 nitrogen and oxygen atoms in total. The maximum atomic E-state index is 12.1. The molecule has 0 aliphatic heterocycles. The fraction of sp³-hybridized carbons (Fsp3) is 0.368. The summed E-state index contributed by atoms with van der Waals surface area (Å²) in [5.74, 6) is 1.30. The van der Waals surface area contributed by atoms with Crippen LogP contribution in [0, 0.1) is 20.8 Å². The van der Waals surface area contributed by atoms with Crippen molar-refractivity contribution in [3.63, 3.8) is 0 Å². The van der Waals surface area contributed by atoms with Gasteiger partial charge in [-0.15, -0.1) is 10.2 Å². The first-order valence-corrected chi connectivity index (χ1v) is 8.53. The summed E-state index contributed by atoms with van der Waals surface area (Å²) >= 11 is 0. The van der Waals surface area contributed by atoms with E-state index in [9.17, 15) is 4.79 Å². The minimum absolute atomic E-state index is 0.0292. The molecule has 0 aliphatic rings. The molecule has 1 N–H and O–H groups in total. The zero-order valence-electron chi connectivity index (χ0n) is 14.9. The van der Waals surface area contributed by atoms with E-state index in [0.717, 1.165) is 24.2 Å². The molecule has 2 heterocycles. The molecule has 1 aromatic carbocycles. The van der Waals surface area contributed by atoms with E-state index in [1.807, 2.05) is 24.3 Å². The van der Waals surface area contributed by atoms with Gasteiger partial charge >= 0.3 is 0 Å². The Morgan fingerprint density at radius 3 is 2.64 bits per heavy atom. The molecule has 1 amide bonds. The normalized spacial score (nSPS) is 11.0. The van der Waals surface area contributed by atoms with Gasteiger partial charge in [-0.3, -0.25) is 9.20 Å². The molecule has 0 radical (unpaired) electrons. The van der Waals surface area contributed by atoms with Crippen LogP contribution in [-0.2, 0) is 17.8 Å². The van der Waals surface area contributed by atoms with Crippen LogP contribution in [0.25, 0.3) is 5.78 Å². The molecule has 25 heavy (non-hydrogen) atoms. The van der Waals surface area contributed by atoms with Gasteiger partial charge in [0.1, 0.15) is 0 Å². The van der Waals surface area contributed by atoms with E-state index in [1.165, 1.54) is 11.1 Å². The first-order chi connectivity index (χ1) is 12.0. The number of hydrogen-bond donors (Lipinski definition) is 1. The molecule has 0 atom stereocenters. The summed E-state index contributed by atoms with van der Waals surface area (Å²) in [6, 6.07) is 10.4. The molecule has 0 spiro atoms. The largest absolute Gasteiger partial charge is 0.349 e. The van der Waals surface area contributed by atoms with Gasteiger partial charge in [0, 0.05) is 17.8 Å². The molecule has 0 fully saturated rings. The lowest BCUT2D eigenvalue weighted by Gasteiger charge is -2.06. The molecule has 130 valence electrons. The average molecular weight is 337 g/mol. The Morgan fingerprint density at radius 2 is 1.88 bits per heavy atom. The summed E-state index contributed by atoms with van der Waals surface area (Å²) < 4.78 is 1.87. The highest BCUT2D eigenvalue weighted by molar-refractivity contribution is 5.75. The van der Waals surface area contributed by atoms with Crippen LogP contribution in [0.15, 0.2) is 30.3 Å². The summed E-state index contributed by atoms with van der Waals surface area (Å²) in [7, 11) is 0. The highest BCUT2D eigenvalue weighted by atomic mass is 16.1. The Morgan fingerprint density at radius 1 is 1.12 bits per heavy atom. The average Bonchev–Trinajstić information content (AvgIpc) is 2.98. The highest BCUT2D eigenvalue weighted by Crippen LogP contribution is 2.09. The third-order valence-corrected chi connectivity index (χ3v) is 4.19. The summed E-state index contributed by atoms with van der Waals surface area (Å²) in [5, 5.41) is 11.1. The topological polar surface area (TPSA) is 72.2 Å². The van der Waals surface area contributed by atoms with Gasteiger partial charge in [0.15, 0.2) is 5.82 Å². The Hall–Kier alpha value is -2.76. The molecule has 0 saturated heterocycles. The number of nitrogens with one attached hydrogen (secondary N) is 1. The zero-order chi connectivity index (χ0) is 17.8. The van der Waals surface area contributed by atoms with Crippen LogP contribution in [0.2, 0.25) is 0 Å². The van der Waals surface area contributed by atoms with Crippen LogP contribution >= 0.6 is 0 Å². The second-order valence-corrected chi connectivity index (χ2v) is 6.41. The van der Waals surface area contributed by atoms with Crippen molar-refractivity contribution in [2.24, 2.45) is 0 Å². The minimum atomic E-state index is 0.0292. The van der Waals surface area contributed by atoms with Crippen molar-refractivity contribution in [3.8, 4) is 0 Å². The van der Waals surface area contributed by atoms with E-state index in [0.29, 0.717) is 24.6 Å². The van der Waals surface area contributed by atoms with Crippen molar-refractivity contribution in [2.75, 3.05) is 0 Å². The number of carbonyl (C=O) groups excluding carboxylic acids is 1. The molecule has 0 unspecified atom stereocenters. The van der Waals surface area contributed by atoms with Gasteiger partial charge in [-0.1, -0.05) is 29.8 Å². The van der Waals surface area contributed by atoms with Crippen molar-refractivity contribution in [2.45, 2.75) is 46.6 Å². The Balaban J connectivity index is 1.51. The van der Waals surface area contributed by atoms with Crippen LogP contribution in [-0.4, -0.2) is 25.5 Å². The van der Waals surface area contributed by atoms with Gasteiger partial charge in [-0.2, -0.15) is 0 Å². The number of benzene rings is 1. The summed E-state index contributed by atoms with van der Waals surface area (Å²) in [5.41, 5.74) is 4.43. The number of rotatable bonds is 6. The summed E-state index contributed by atoms with van der Waals surface area (Å²) in [6.45, 7) is 6.34. The third kappa shape index (κ3) is 4.21. The molecule has 3 rings (SSSR count). The minimum Gasteiger partial charge on any atom is -0.349 e. The molecule has 3 aromatic rings. The second-order valence-electron chi connectivity index (χ2n) is 6.41. The van der Waals surface area contributed by atoms with E-state index < -0.39 is 0 Å². The SMILES string of the molecule is Cc1ccc(CCCC(=O)NCc2nnc3nc(C)cc(C)n23)cc1.